The van der Waals surface area contributed by atoms with Gasteiger partial charge in [-0.3, -0.25) is 19.1 Å². The molecule has 4 aromatic heterocycles. The molecule has 0 bridgehead atoms. The summed E-state index contributed by atoms with van der Waals surface area (Å²) in [6, 6.07) is 20.0. The summed E-state index contributed by atoms with van der Waals surface area (Å²) in [5.74, 6) is 5.27. The Kier molecular flexibility index (Phi) is 10.2. The smallest absolute Gasteiger partial charge is 0.338 e. The second-order valence-electron chi connectivity index (χ2n) is 12.4. The van der Waals surface area contributed by atoms with Crippen LogP contribution in [0.3, 0.4) is 0 Å². The monoisotopic (exact) mass is 768 g/mol. The number of fused-ring (bicyclic) bond motifs is 6. The van der Waals surface area contributed by atoms with Crippen molar-refractivity contribution >= 4 is 40.1 Å². The van der Waals surface area contributed by atoms with Gasteiger partial charge >= 0.3 is 5.97 Å². The van der Waals surface area contributed by atoms with Crippen LogP contribution in [0.25, 0.3) is 11.4 Å². The average Bonchev–Trinajstić information content (AvgIpc) is 3.97. The molecule has 0 unspecified atom stereocenters. The second-order valence-corrected chi connectivity index (χ2v) is 14.5. The molecule has 0 radical (unpaired) electrons. The van der Waals surface area contributed by atoms with Gasteiger partial charge in [0, 0.05) is 11.1 Å². The number of aryl methyl sites for hydroxylation is 2. The van der Waals surface area contributed by atoms with E-state index in [0.29, 0.717) is 12.2 Å². The van der Waals surface area contributed by atoms with E-state index in [0.717, 1.165) is 70.3 Å². The third kappa shape index (κ3) is 7.13. The van der Waals surface area contributed by atoms with Crippen molar-refractivity contribution in [2.24, 2.45) is 9.98 Å². The summed E-state index contributed by atoms with van der Waals surface area (Å²) in [5.41, 5.74) is 8.99. The Hall–Kier alpha value is -6.13. The number of aromatic nitrogens is 4. The lowest BCUT2D eigenvalue weighted by Gasteiger charge is -2.08. The Bertz CT molecular complexity index is 2580. The lowest BCUT2D eigenvalue weighted by molar-refractivity contribution is -0.223. The molecule has 0 fully saturated rings. The van der Waals surface area contributed by atoms with Gasteiger partial charge in [0.2, 0.25) is 5.88 Å². The molecule has 0 spiro atoms. The zero-order valence-corrected chi connectivity index (χ0v) is 31.4. The van der Waals surface area contributed by atoms with Crippen LogP contribution >= 0.6 is 22.7 Å². The number of hydrogen-bond acceptors (Lipinski definition) is 12. The van der Waals surface area contributed by atoms with Crippen LogP contribution < -0.4 is 9.62 Å². The van der Waals surface area contributed by atoms with Crippen LogP contribution in [-0.2, 0) is 32.2 Å². The van der Waals surface area contributed by atoms with E-state index in [1.807, 2.05) is 64.6 Å². The van der Waals surface area contributed by atoms with E-state index in [-0.39, 0.29) is 44.9 Å². The summed E-state index contributed by atoms with van der Waals surface area (Å²) in [7, 11) is 0. The number of hydrogen-bond donors (Lipinski definition) is 0. The number of carbonyl (C=O) groups is 1. The predicted molar refractivity (Wildman–Crippen MR) is 209 cm³/mol. The van der Waals surface area contributed by atoms with Crippen molar-refractivity contribution in [3.8, 4) is 47.8 Å². The van der Waals surface area contributed by atoms with Crippen molar-refractivity contribution in [3.63, 3.8) is 0 Å². The molecule has 0 saturated heterocycles. The number of nitrogens with zero attached hydrogens (tertiary/aromatic N) is 6. The topological polar surface area (TPSA) is 124 Å². The van der Waals surface area contributed by atoms with Crippen molar-refractivity contribution in [1.29, 1.82) is 0 Å². The van der Waals surface area contributed by atoms with Gasteiger partial charge in [-0.15, -0.1) is 35.5 Å². The Morgan fingerprint density at radius 3 is 1.87 bits per heavy atom. The molecular weight excluding hydrogens is 737 g/mol. The van der Waals surface area contributed by atoms with Gasteiger partial charge < -0.3 is 19.1 Å². The van der Waals surface area contributed by atoms with Gasteiger partial charge in [0.15, 0.2) is 0 Å². The van der Waals surface area contributed by atoms with Crippen molar-refractivity contribution in [3.05, 3.63) is 126 Å². The van der Waals surface area contributed by atoms with Crippen LogP contribution in [0.2, 0.25) is 0 Å². The number of terminal acetylenes is 2. The summed E-state index contributed by atoms with van der Waals surface area (Å²) < 4.78 is 20.3. The number of ether oxygens (including phenoxy) is 3. The van der Waals surface area contributed by atoms with Crippen molar-refractivity contribution < 1.29 is 28.8 Å². The zero-order chi connectivity index (χ0) is 37.9. The first-order valence-electron chi connectivity index (χ1n) is 17.1. The zero-order valence-electron chi connectivity index (χ0n) is 29.8. The van der Waals surface area contributed by atoms with Crippen LogP contribution in [0.1, 0.15) is 53.2 Å². The van der Waals surface area contributed by atoms with Crippen molar-refractivity contribution in [2.75, 3.05) is 26.6 Å². The van der Waals surface area contributed by atoms with Gasteiger partial charge in [-0.25, -0.2) is 9.78 Å². The number of rotatable bonds is 12. The summed E-state index contributed by atoms with van der Waals surface area (Å²) in [4.78, 5) is 45.8. The van der Waals surface area contributed by atoms with E-state index in [1.165, 1.54) is 22.7 Å². The first kappa shape index (κ1) is 35.9. The fraction of sp³-hybridized carbons (Fsp3) is 0.195. The van der Waals surface area contributed by atoms with E-state index < -0.39 is 5.97 Å². The SMILES string of the molecule is C#Cc1cc2c(s1)C(c1ccccc1C)=NCc1c(OOCCOCOCC(=O)Oc3ncn4c3CN=C(c3ccccc3C)c3sc(C#C)cc3-4)ncn1-2. The fourth-order valence-electron chi connectivity index (χ4n) is 6.29. The predicted octanol–water partition coefficient (Wildman–Crippen LogP) is 6.37. The first-order chi connectivity index (χ1) is 26.9. The number of aliphatic imine (C=N–C) groups is 2. The molecule has 0 N–H and O–H groups in total. The van der Waals surface area contributed by atoms with Gasteiger partial charge in [0.1, 0.15) is 44.0 Å². The summed E-state index contributed by atoms with van der Waals surface area (Å²) in [6.07, 6.45) is 14.8. The standard InChI is InChI=1S/C41H32N6O6S2/c1-5-27-17-31-38(54-27)36(29-13-9-7-11-25(29)3)42-19-33-40(44-22-46(31)33)52-35(48)21-50-24-49-15-16-51-53-41-34-20-43-37(30-14-10-8-12-26(30)4)39-32(47(34)23-45-41)18-28(6-2)55-39/h1-2,7-14,17-18,22-23H,15-16,19-21,24H2,3-4H3. The Labute approximate surface area is 324 Å². The number of esters is 1. The molecule has 0 atom stereocenters. The lowest BCUT2D eigenvalue weighted by Crippen LogP contribution is -2.18. The largest absolute Gasteiger partial charge is 0.404 e. The molecule has 12 nitrogen and oxygen atoms in total. The second kappa shape index (κ2) is 15.7. The van der Waals surface area contributed by atoms with Gasteiger partial charge in [0.05, 0.1) is 62.0 Å². The quantitative estimate of drug-likeness (QED) is 0.0352. The van der Waals surface area contributed by atoms with Gasteiger partial charge in [-0.1, -0.05) is 60.4 Å². The minimum atomic E-state index is -0.635. The maximum absolute atomic E-state index is 12.7. The van der Waals surface area contributed by atoms with Gasteiger partial charge in [0.25, 0.3) is 5.88 Å². The Morgan fingerprint density at radius 2 is 1.31 bits per heavy atom. The molecule has 8 rings (SSSR count). The number of thiophene rings is 2. The molecule has 14 heteroatoms. The van der Waals surface area contributed by atoms with Crippen LogP contribution in [0.15, 0.2) is 83.3 Å². The average molecular weight is 769 g/mol. The molecular formula is C41H32N6O6S2. The Morgan fingerprint density at radius 1 is 0.764 bits per heavy atom. The summed E-state index contributed by atoms with van der Waals surface area (Å²) in [5, 5.41) is 0. The molecule has 2 aliphatic rings. The molecule has 0 aliphatic carbocycles. The molecule has 6 heterocycles. The highest BCUT2D eigenvalue weighted by molar-refractivity contribution is 7.15. The molecule has 274 valence electrons. The Balaban J connectivity index is 0.831. The lowest BCUT2D eigenvalue weighted by atomic mass is 10.0. The molecule has 2 aromatic carbocycles. The maximum atomic E-state index is 12.7. The number of benzene rings is 2. The molecule has 55 heavy (non-hydrogen) atoms. The molecule has 6 aromatic rings. The maximum Gasteiger partial charge on any atom is 0.338 e. The highest BCUT2D eigenvalue weighted by Gasteiger charge is 2.28. The van der Waals surface area contributed by atoms with E-state index in [9.17, 15) is 4.79 Å². The number of imidazole rings is 2. The van der Waals surface area contributed by atoms with Crippen LogP contribution in [0.4, 0.5) is 0 Å². The van der Waals surface area contributed by atoms with E-state index in [4.69, 9.17) is 46.8 Å². The first-order valence-corrected chi connectivity index (χ1v) is 18.8. The highest BCUT2D eigenvalue weighted by Crippen LogP contribution is 2.36. The van der Waals surface area contributed by atoms with Crippen molar-refractivity contribution in [2.45, 2.75) is 26.9 Å². The molecule has 0 saturated carbocycles. The van der Waals surface area contributed by atoms with E-state index in [2.05, 4.69) is 40.9 Å². The third-order valence-corrected chi connectivity index (χ3v) is 11.1. The van der Waals surface area contributed by atoms with Crippen LogP contribution in [0.5, 0.6) is 11.8 Å². The van der Waals surface area contributed by atoms with Gasteiger partial charge in [-0.05, 0) is 37.1 Å². The van der Waals surface area contributed by atoms with Crippen molar-refractivity contribution in [1.82, 2.24) is 19.1 Å². The summed E-state index contributed by atoms with van der Waals surface area (Å²) in [6.45, 7) is 4.33. The third-order valence-electron chi connectivity index (χ3n) is 8.94. The van der Waals surface area contributed by atoms with E-state index in [1.54, 1.807) is 12.7 Å². The van der Waals surface area contributed by atoms with Gasteiger partial charge in [-0.2, -0.15) is 9.87 Å². The van der Waals surface area contributed by atoms with Crippen LogP contribution in [-0.4, -0.2) is 63.1 Å². The minimum absolute atomic E-state index is 0.0700. The minimum Gasteiger partial charge on any atom is -0.404 e. The molecule has 2 aliphatic heterocycles. The van der Waals surface area contributed by atoms with E-state index >= 15 is 0 Å². The van der Waals surface area contributed by atoms with Crippen LogP contribution in [0, 0.1) is 38.5 Å². The highest BCUT2D eigenvalue weighted by atomic mass is 32.1. The molecule has 0 amide bonds. The number of carbonyl (C=O) groups excluding carboxylic acids is 1. The summed E-state index contributed by atoms with van der Waals surface area (Å²) >= 11 is 3.00. The normalized spacial score (nSPS) is 12.8. The fourth-order valence-corrected chi connectivity index (χ4v) is 8.25.